The molecule has 2 saturated carbocycles. The largest absolute Gasteiger partial charge is 0.481 e. The van der Waals surface area contributed by atoms with Gasteiger partial charge in [-0.15, -0.1) is 11.3 Å². The van der Waals surface area contributed by atoms with Crippen LogP contribution in [0.15, 0.2) is 48.0 Å². The fraction of sp³-hybridized carbons (Fsp3) is 0.469. The number of aromatic nitrogens is 2. The van der Waals surface area contributed by atoms with Gasteiger partial charge in [0, 0.05) is 54.8 Å². The summed E-state index contributed by atoms with van der Waals surface area (Å²) in [5, 5.41) is 12.2. The fourth-order valence-electron chi connectivity index (χ4n) is 6.33. The van der Waals surface area contributed by atoms with Crippen molar-refractivity contribution in [2.45, 2.75) is 63.8 Å². The minimum atomic E-state index is -0.924. The number of nitrogens with zero attached hydrogens (tertiary/aromatic N) is 5. The molecule has 2 aromatic heterocycles. The molecule has 3 amide bonds. The van der Waals surface area contributed by atoms with E-state index in [0.717, 1.165) is 73.9 Å². The highest BCUT2D eigenvalue weighted by molar-refractivity contribution is 7.14. The molecule has 1 unspecified atom stereocenters. The normalized spacial score (nSPS) is 18.4. The Balaban J connectivity index is 1.25. The number of carbonyl (C=O) groups is 3. The van der Waals surface area contributed by atoms with E-state index in [1.54, 1.807) is 27.9 Å². The van der Waals surface area contributed by atoms with Gasteiger partial charge in [0.2, 0.25) is 5.91 Å². The van der Waals surface area contributed by atoms with E-state index in [9.17, 15) is 19.5 Å². The van der Waals surface area contributed by atoms with Crippen LogP contribution < -0.4 is 9.80 Å². The molecule has 1 aliphatic heterocycles. The number of urea groups is 1. The molecule has 1 atom stereocenters. The summed E-state index contributed by atoms with van der Waals surface area (Å²) in [5.41, 5.74) is 3.57. The first-order chi connectivity index (χ1) is 20.4. The van der Waals surface area contributed by atoms with Crippen LogP contribution in [-0.2, 0) is 9.59 Å². The molecule has 10 heteroatoms. The molecule has 0 bridgehead atoms. The number of carboxylic acids is 1. The van der Waals surface area contributed by atoms with Crippen LogP contribution in [-0.4, -0.2) is 64.1 Å². The molecule has 3 aromatic rings. The van der Waals surface area contributed by atoms with Crippen LogP contribution in [0.25, 0.3) is 22.4 Å². The minimum Gasteiger partial charge on any atom is -0.481 e. The molecule has 1 aromatic carbocycles. The Labute approximate surface area is 250 Å². The Morgan fingerprint density at radius 1 is 1.05 bits per heavy atom. The number of aliphatic carboxylic acids is 1. The Morgan fingerprint density at radius 2 is 1.81 bits per heavy atom. The molecule has 9 nitrogen and oxygen atoms in total. The van der Waals surface area contributed by atoms with Crippen molar-refractivity contribution in [3.8, 4) is 22.4 Å². The van der Waals surface area contributed by atoms with Crippen LogP contribution >= 0.6 is 11.3 Å². The van der Waals surface area contributed by atoms with Crippen LogP contribution in [0.5, 0.6) is 0 Å². The van der Waals surface area contributed by atoms with Gasteiger partial charge in [-0.2, -0.15) is 0 Å². The van der Waals surface area contributed by atoms with E-state index in [0.29, 0.717) is 29.8 Å². The average molecular weight is 588 g/mol. The summed E-state index contributed by atoms with van der Waals surface area (Å²) < 4.78 is 0. The molecule has 42 heavy (non-hydrogen) atoms. The maximum atomic E-state index is 13.9. The topological polar surface area (TPSA) is 107 Å². The number of amides is 3. The lowest BCUT2D eigenvalue weighted by molar-refractivity contribution is -0.141. The molecule has 1 saturated heterocycles. The second-order valence-electron chi connectivity index (χ2n) is 11.8. The van der Waals surface area contributed by atoms with Gasteiger partial charge in [0.15, 0.2) is 5.13 Å². The van der Waals surface area contributed by atoms with Crippen molar-refractivity contribution in [3.05, 3.63) is 48.0 Å². The van der Waals surface area contributed by atoms with Gasteiger partial charge in [0.25, 0.3) is 0 Å². The predicted molar refractivity (Wildman–Crippen MR) is 164 cm³/mol. The number of anilines is 2. The van der Waals surface area contributed by atoms with Crippen molar-refractivity contribution in [3.63, 3.8) is 0 Å². The number of rotatable bonds is 10. The van der Waals surface area contributed by atoms with Crippen molar-refractivity contribution < 1.29 is 19.5 Å². The van der Waals surface area contributed by atoms with Gasteiger partial charge in [0.05, 0.1) is 12.1 Å². The standard InChI is InChI=1S/C32H37N5O4S/c1-35-15-6-16-36(32(35)41)28-14-11-22(19-33-28)25-9-4-5-10-26(25)27-20-42-31(34-27)37(24-12-13-24)30(40)23(18-29(38)39)17-21-7-2-3-8-21/h4-5,9-11,14,19-21,23-24H,2-3,6-8,12-13,15-18H2,1H3,(H,38,39). The van der Waals surface area contributed by atoms with Crippen LogP contribution in [0.2, 0.25) is 0 Å². The molecule has 220 valence electrons. The Bertz CT molecular complexity index is 1450. The molecule has 2 aliphatic carbocycles. The summed E-state index contributed by atoms with van der Waals surface area (Å²) >= 11 is 1.44. The SMILES string of the molecule is CN1CCCN(c2ccc(-c3ccccc3-c3csc(N(C(=O)C(CC(=O)O)CC4CCCC4)C4CC4)n3)cn2)C1=O. The molecular weight excluding hydrogens is 550 g/mol. The molecule has 1 N–H and O–H groups in total. The van der Waals surface area contributed by atoms with Crippen molar-refractivity contribution in [2.24, 2.45) is 11.8 Å². The highest BCUT2D eigenvalue weighted by Crippen LogP contribution is 2.40. The first-order valence-electron chi connectivity index (χ1n) is 15.0. The number of carbonyl (C=O) groups excluding carboxylic acids is 2. The summed E-state index contributed by atoms with van der Waals surface area (Å²) in [6, 6.07) is 11.9. The Hall–Kier alpha value is -3.79. The van der Waals surface area contributed by atoms with E-state index in [1.807, 2.05) is 41.8 Å². The first-order valence-corrected chi connectivity index (χ1v) is 15.9. The monoisotopic (exact) mass is 587 g/mol. The van der Waals surface area contributed by atoms with Gasteiger partial charge in [0.1, 0.15) is 5.82 Å². The van der Waals surface area contributed by atoms with Crippen LogP contribution in [0, 0.1) is 11.8 Å². The van der Waals surface area contributed by atoms with Crippen LogP contribution in [0.3, 0.4) is 0 Å². The molecule has 0 spiro atoms. The van der Waals surface area contributed by atoms with E-state index < -0.39 is 11.9 Å². The first kappa shape index (κ1) is 28.3. The zero-order valence-corrected chi connectivity index (χ0v) is 24.8. The number of benzene rings is 1. The van der Waals surface area contributed by atoms with Gasteiger partial charge >= 0.3 is 12.0 Å². The van der Waals surface area contributed by atoms with Gasteiger partial charge in [-0.25, -0.2) is 14.8 Å². The number of thiazole rings is 1. The summed E-state index contributed by atoms with van der Waals surface area (Å²) in [6.45, 7) is 1.40. The summed E-state index contributed by atoms with van der Waals surface area (Å²) in [7, 11) is 1.81. The van der Waals surface area contributed by atoms with Crippen molar-refractivity contribution >= 4 is 40.2 Å². The van der Waals surface area contributed by atoms with E-state index in [-0.39, 0.29) is 24.4 Å². The Kier molecular flexibility index (Phi) is 8.24. The molecule has 3 heterocycles. The van der Waals surface area contributed by atoms with Gasteiger partial charge in [-0.05, 0) is 49.3 Å². The lowest BCUT2D eigenvalue weighted by Gasteiger charge is -2.32. The van der Waals surface area contributed by atoms with Gasteiger partial charge in [-0.3, -0.25) is 19.4 Å². The zero-order valence-electron chi connectivity index (χ0n) is 23.9. The number of hydrogen-bond donors (Lipinski definition) is 1. The van der Waals surface area contributed by atoms with E-state index >= 15 is 0 Å². The highest BCUT2D eigenvalue weighted by Gasteiger charge is 2.40. The van der Waals surface area contributed by atoms with Crippen molar-refractivity contribution in [1.82, 2.24) is 14.9 Å². The second kappa shape index (κ2) is 12.2. The van der Waals surface area contributed by atoms with Gasteiger partial charge < -0.3 is 10.0 Å². The number of pyridine rings is 1. The molecular formula is C32H37N5O4S. The van der Waals surface area contributed by atoms with Crippen LogP contribution in [0.4, 0.5) is 15.7 Å². The number of carboxylic acid groups (broad SMARTS) is 1. The minimum absolute atomic E-state index is 0.0412. The lowest BCUT2D eigenvalue weighted by Crippen LogP contribution is -2.47. The lowest BCUT2D eigenvalue weighted by atomic mass is 9.90. The van der Waals surface area contributed by atoms with Crippen LogP contribution in [0.1, 0.15) is 57.8 Å². The summed E-state index contributed by atoms with van der Waals surface area (Å²) in [5.74, 6) is -0.490. The molecule has 6 rings (SSSR count). The maximum absolute atomic E-state index is 13.9. The number of hydrogen-bond acceptors (Lipinski definition) is 6. The van der Waals surface area contributed by atoms with Gasteiger partial charge in [-0.1, -0.05) is 49.9 Å². The third kappa shape index (κ3) is 6.04. The zero-order chi connectivity index (χ0) is 29.2. The maximum Gasteiger partial charge on any atom is 0.325 e. The van der Waals surface area contributed by atoms with Crippen molar-refractivity contribution in [1.29, 1.82) is 0 Å². The third-order valence-electron chi connectivity index (χ3n) is 8.68. The summed E-state index contributed by atoms with van der Waals surface area (Å²) in [4.78, 5) is 53.0. The molecule has 0 radical (unpaired) electrons. The highest BCUT2D eigenvalue weighted by atomic mass is 32.1. The van der Waals surface area contributed by atoms with Crippen molar-refractivity contribution in [2.75, 3.05) is 29.9 Å². The predicted octanol–water partition coefficient (Wildman–Crippen LogP) is 6.30. The Morgan fingerprint density at radius 3 is 2.50 bits per heavy atom. The smallest absolute Gasteiger partial charge is 0.325 e. The second-order valence-corrected chi connectivity index (χ2v) is 12.6. The average Bonchev–Trinajstić information content (AvgIpc) is 3.46. The van der Waals surface area contributed by atoms with E-state index in [4.69, 9.17) is 4.98 Å². The third-order valence-corrected chi connectivity index (χ3v) is 9.52. The van der Waals surface area contributed by atoms with E-state index in [2.05, 4.69) is 4.98 Å². The molecule has 3 aliphatic rings. The quantitative estimate of drug-likeness (QED) is 0.298. The fourth-order valence-corrected chi connectivity index (χ4v) is 7.23. The molecule has 3 fully saturated rings. The van der Waals surface area contributed by atoms with E-state index in [1.165, 1.54) is 11.3 Å². The summed E-state index contributed by atoms with van der Waals surface area (Å²) in [6.07, 6.45) is 9.49.